The lowest BCUT2D eigenvalue weighted by molar-refractivity contribution is 0.188. The Labute approximate surface area is 193 Å². The number of nitrogens with zero attached hydrogens (tertiary/aromatic N) is 4. The Morgan fingerprint density at radius 1 is 1.09 bits per heavy atom. The van der Waals surface area contributed by atoms with Crippen molar-refractivity contribution >= 4 is 16.6 Å². The average molecular weight is 436 g/mol. The summed E-state index contributed by atoms with van der Waals surface area (Å²) in [5.74, 6) is 0.914. The highest BCUT2D eigenvalue weighted by Gasteiger charge is 2.32. The van der Waals surface area contributed by atoms with E-state index in [0.717, 1.165) is 69.9 Å². The van der Waals surface area contributed by atoms with E-state index in [2.05, 4.69) is 76.4 Å². The second-order valence-corrected chi connectivity index (χ2v) is 9.05. The monoisotopic (exact) mass is 435 g/mol. The number of aryl methyl sites for hydroxylation is 1. The number of aromatic nitrogens is 2. The summed E-state index contributed by atoms with van der Waals surface area (Å²) in [6, 6.07) is 21.3. The molecular weight excluding hydrogens is 410 g/mol. The van der Waals surface area contributed by atoms with Gasteiger partial charge in [0.05, 0.1) is 28.9 Å². The Kier molecular flexibility index (Phi) is 4.60. The molecule has 0 radical (unpaired) electrons. The van der Waals surface area contributed by atoms with Crippen LogP contribution in [0, 0.1) is 18.3 Å². The number of hydrogen-bond acceptors (Lipinski definition) is 5. The standard InChI is InChI=1S/C27H25N5O/c1-17-5-3-4-6-21(17)22-13-23-24(11-19(22)14-28)29-30-27(23)18-7-8-25-26(12-18)33-16-20-15-31(2)9-10-32(20)25/h3-8,11-13,20H,9-10,15-16H2,1-2H3,(H,29,30). The molecule has 0 amide bonds. The van der Waals surface area contributed by atoms with Gasteiger partial charge in [0.1, 0.15) is 18.1 Å². The molecule has 0 bridgehead atoms. The highest BCUT2D eigenvalue weighted by Crippen LogP contribution is 2.40. The molecule has 1 aromatic heterocycles. The normalized spacial score (nSPS) is 17.8. The Hall–Kier alpha value is -3.82. The quantitative estimate of drug-likeness (QED) is 0.499. The smallest absolute Gasteiger partial charge is 0.143 e. The number of rotatable bonds is 2. The molecule has 164 valence electrons. The lowest BCUT2D eigenvalue weighted by Gasteiger charge is -2.44. The van der Waals surface area contributed by atoms with E-state index in [1.165, 1.54) is 0 Å². The minimum Gasteiger partial charge on any atom is -0.489 e. The molecule has 1 unspecified atom stereocenters. The van der Waals surface area contributed by atoms with Crippen LogP contribution in [-0.2, 0) is 0 Å². The highest BCUT2D eigenvalue weighted by molar-refractivity contribution is 5.98. The third-order valence-electron chi connectivity index (χ3n) is 6.92. The van der Waals surface area contributed by atoms with Gasteiger partial charge in [-0.3, -0.25) is 5.10 Å². The SMILES string of the molecule is Cc1ccccc1-c1cc2c(-c3ccc4c(c3)OCC3CN(C)CCN43)n[nH]c2cc1C#N. The third-order valence-corrected chi connectivity index (χ3v) is 6.92. The average Bonchev–Trinajstić information content (AvgIpc) is 3.25. The number of nitrogens with one attached hydrogen (secondary N) is 1. The molecule has 0 aliphatic carbocycles. The fraction of sp³-hybridized carbons (Fsp3) is 0.259. The molecule has 0 spiro atoms. The highest BCUT2D eigenvalue weighted by atomic mass is 16.5. The molecule has 1 fully saturated rings. The van der Waals surface area contributed by atoms with Gasteiger partial charge in [-0.25, -0.2) is 0 Å². The number of fused-ring (bicyclic) bond motifs is 4. The van der Waals surface area contributed by atoms with E-state index in [-0.39, 0.29) is 0 Å². The summed E-state index contributed by atoms with van der Waals surface area (Å²) in [5, 5.41) is 18.5. The van der Waals surface area contributed by atoms with Crippen LogP contribution in [0.3, 0.4) is 0 Å². The summed E-state index contributed by atoms with van der Waals surface area (Å²) in [6.45, 7) is 5.87. The van der Waals surface area contributed by atoms with Gasteiger partial charge < -0.3 is 14.5 Å². The molecule has 3 heterocycles. The number of H-pyrrole nitrogens is 1. The summed E-state index contributed by atoms with van der Waals surface area (Å²) in [7, 11) is 2.17. The minimum atomic E-state index is 0.398. The van der Waals surface area contributed by atoms with Crippen molar-refractivity contribution in [1.29, 1.82) is 5.26 Å². The van der Waals surface area contributed by atoms with Crippen LogP contribution in [0.15, 0.2) is 54.6 Å². The van der Waals surface area contributed by atoms with Gasteiger partial charge in [0.25, 0.3) is 0 Å². The Morgan fingerprint density at radius 2 is 1.97 bits per heavy atom. The van der Waals surface area contributed by atoms with Gasteiger partial charge in [0.15, 0.2) is 0 Å². The van der Waals surface area contributed by atoms with Gasteiger partial charge in [-0.1, -0.05) is 30.3 Å². The molecule has 6 nitrogen and oxygen atoms in total. The predicted molar refractivity (Wildman–Crippen MR) is 131 cm³/mol. The number of benzene rings is 3. The number of hydrogen-bond donors (Lipinski definition) is 1. The van der Waals surface area contributed by atoms with Crippen LogP contribution in [-0.4, -0.2) is 54.4 Å². The molecule has 6 rings (SSSR count). The molecule has 1 saturated heterocycles. The first-order valence-corrected chi connectivity index (χ1v) is 11.3. The van der Waals surface area contributed by atoms with Crippen molar-refractivity contribution in [2.45, 2.75) is 13.0 Å². The van der Waals surface area contributed by atoms with Crippen LogP contribution in [0.1, 0.15) is 11.1 Å². The first kappa shape index (κ1) is 19.8. The van der Waals surface area contributed by atoms with Crippen molar-refractivity contribution in [2.24, 2.45) is 0 Å². The van der Waals surface area contributed by atoms with Crippen molar-refractivity contribution in [3.05, 3.63) is 65.7 Å². The Morgan fingerprint density at radius 3 is 2.82 bits per heavy atom. The molecule has 1 N–H and O–H groups in total. The largest absolute Gasteiger partial charge is 0.489 e. The minimum absolute atomic E-state index is 0.398. The van der Waals surface area contributed by atoms with E-state index in [1.54, 1.807) is 0 Å². The maximum atomic E-state index is 9.79. The maximum absolute atomic E-state index is 9.79. The van der Waals surface area contributed by atoms with Crippen LogP contribution < -0.4 is 9.64 Å². The summed E-state index contributed by atoms with van der Waals surface area (Å²) in [4.78, 5) is 4.84. The number of anilines is 1. The molecule has 2 aliphatic heterocycles. The number of likely N-dealkylation sites (N-methyl/N-ethyl adjacent to an activating group) is 1. The molecule has 33 heavy (non-hydrogen) atoms. The van der Waals surface area contributed by atoms with Crippen LogP contribution >= 0.6 is 0 Å². The van der Waals surface area contributed by atoms with Gasteiger partial charge in [0, 0.05) is 36.1 Å². The first-order valence-electron chi connectivity index (χ1n) is 11.3. The van der Waals surface area contributed by atoms with E-state index < -0.39 is 0 Å². The van der Waals surface area contributed by atoms with Gasteiger partial charge in [-0.05, 0) is 49.4 Å². The fourth-order valence-electron chi connectivity index (χ4n) is 5.15. The van der Waals surface area contributed by atoms with E-state index >= 15 is 0 Å². The summed E-state index contributed by atoms with van der Waals surface area (Å²) in [6.07, 6.45) is 0. The third kappa shape index (κ3) is 3.24. The molecule has 2 aliphatic rings. The molecule has 3 aromatic carbocycles. The fourth-order valence-corrected chi connectivity index (χ4v) is 5.15. The predicted octanol–water partition coefficient (Wildman–Crippen LogP) is 4.59. The van der Waals surface area contributed by atoms with Gasteiger partial charge in [-0.15, -0.1) is 0 Å². The van der Waals surface area contributed by atoms with E-state index in [9.17, 15) is 5.26 Å². The second kappa shape index (κ2) is 7.65. The Balaban J connectivity index is 1.45. The van der Waals surface area contributed by atoms with Crippen LogP contribution in [0.4, 0.5) is 5.69 Å². The van der Waals surface area contributed by atoms with Crippen LogP contribution in [0.5, 0.6) is 5.75 Å². The summed E-state index contributed by atoms with van der Waals surface area (Å²) >= 11 is 0. The van der Waals surface area contributed by atoms with E-state index in [0.29, 0.717) is 18.2 Å². The number of nitriles is 1. The zero-order valence-corrected chi connectivity index (χ0v) is 18.8. The van der Waals surface area contributed by atoms with Crippen molar-refractivity contribution in [1.82, 2.24) is 15.1 Å². The summed E-state index contributed by atoms with van der Waals surface area (Å²) < 4.78 is 6.19. The molecule has 4 aromatic rings. The molecule has 0 saturated carbocycles. The Bertz CT molecular complexity index is 1420. The number of ether oxygens (including phenoxy) is 1. The van der Waals surface area contributed by atoms with Crippen molar-refractivity contribution in [3.8, 4) is 34.2 Å². The lowest BCUT2D eigenvalue weighted by Crippen LogP contribution is -2.56. The topological polar surface area (TPSA) is 68.2 Å². The van der Waals surface area contributed by atoms with E-state index in [4.69, 9.17) is 4.74 Å². The molecular formula is C27H25N5O. The summed E-state index contributed by atoms with van der Waals surface area (Å²) in [5.41, 5.74) is 7.68. The molecule has 6 heteroatoms. The van der Waals surface area contributed by atoms with Crippen molar-refractivity contribution in [2.75, 3.05) is 38.2 Å². The van der Waals surface area contributed by atoms with Gasteiger partial charge in [0.2, 0.25) is 0 Å². The lowest BCUT2D eigenvalue weighted by atomic mass is 9.94. The zero-order chi connectivity index (χ0) is 22.5. The maximum Gasteiger partial charge on any atom is 0.143 e. The van der Waals surface area contributed by atoms with Crippen LogP contribution in [0.2, 0.25) is 0 Å². The molecule has 1 atom stereocenters. The van der Waals surface area contributed by atoms with Gasteiger partial charge in [-0.2, -0.15) is 10.4 Å². The van der Waals surface area contributed by atoms with Crippen molar-refractivity contribution < 1.29 is 4.74 Å². The first-order chi connectivity index (χ1) is 16.1. The second-order valence-electron chi connectivity index (χ2n) is 9.05. The van der Waals surface area contributed by atoms with Crippen molar-refractivity contribution in [3.63, 3.8) is 0 Å². The van der Waals surface area contributed by atoms with E-state index in [1.807, 2.05) is 18.2 Å². The van der Waals surface area contributed by atoms with Crippen LogP contribution in [0.25, 0.3) is 33.3 Å². The number of aromatic amines is 1. The number of piperazine rings is 1. The van der Waals surface area contributed by atoms with Gasteiger partial charge >= 0.3 is 0 Å². The zero-order valence-electron chi connectivity index (χ0n) is 18.8.